The maximum Gasteiger partial charge on any atom is 0.200 e. The van der Waals surface area contributed by atoms with Crippen LogP contribution in [0.1, 0.15) is 60.5 Å². The number of allylic oxidation sites excluding steroid dienone is 3. The summed E-state index contributed by atoms with van der Waals surface area (Å²) in [6.45, 7) is 21.3. The topological polar surface area (TPSA) is 71.4 Å². The molecule has 3 unspecified atom stereocenters. The molecule has 3 atom stereocenters. The van der Waals surface area contributed by atoms with Crippen molar-refractivity contribution in [3.8, 4) is 0 Å². The van der Waals surface area contributed by atoms with E-state index in [2.05, 4.69) is 48.2 Å². The summed E-state index contributed by atoms with van der Waals surface area (Å²) in [5, 5.41) is 4.32. The number of hydrogen-bond acceptors (Lipinski definition) is 4. The van der Waals surface area contributed by atoms with Crippen LogP contribution < -0.4 is 5.32 Å². The van der Waals surface area contributed by atoms with E-state index in [4.69, 9.17) is 11.6 Å². The zero-order chi connectivity index (χ0) is 25.9. The number of aliphatic imine (C=N–C) groups is 1. The van der Waals surface area contributed by atoms with Crippen molar-refractivity contribution in [2.75, 3.05) is 6.26 Å². The van der Waals surface area contributed by atoms with Crippen molar-refractivity contribution in [3.05, 3.63) is 58.9 Å². The summed E-state index contributed by atoms with van der Waals surface area (Å²) >= 11 is 5.08. The predicted molar refractivity (Wildman–Crippen MR) is 145 cm³/mol. The summed E-state index contributed by atoms with van der Waals surface area (Å²) in [6, 6.07) is 3.52. The van der Waals surface area contributed by atoms with Gasteiger partial charge in [-0.1, -0.05) is 63.6 Å². The van der Waals surface area contributed by atoms with Crippen molar-refractivity contribution >= 4 is 38.6 Å². The van der Waals surface area contributed by atoms with Crippen LogP contribution in [0, 0.1) is 11.8 Å². The zero-order valence-corrected chi connectivity index (χ0v) is 23.0. The summed E-state index contributed by atoms with van der Waals surface area (Å²) < 4.78 is 12.0. The van der Waals surface area contributed by atoms with E-state index >= 15 is 0 Å². The molecule has 1 N–H and O–H groups in total. The highest BCUT2D eigenvalue weighted by Gasteiger charge is 2.24. The lowest BCUT2D eigenvalue weighted by molar-refractivity contribution is -0.117. The minimum absolute atomic E-state index is 0.0155. The zero-order valence-electron chi connectivity index (χ0n) is 21.4. The van der Waals surface area contributed by atoms with E-state index in [0.717, 1.165) is 28.8 Å². The number of aromatic nitrogens is 1. The smallest absolute Gasteiger partial charge is 0.200 e. The fraction of sp³-hybridized carbons (Fsp3) is 0.462. The lowest BCUT2D eigenvalue weighted by Gasteiger charge is -2.21. The Hall–Kier alpha value is -2.18. The first kappa shape index (κ1) is 30.8. The van der Waals surface area contributed by atoms with Gasteiger partial charge in [0, 0.05) is 38.6 Å². The quantitative estimate of drug-likeness (QED) is 0.193. The Labute approximate surface area is 206 Å². The predicted octanol–water partition coefficient (Wildman–Crippen LogP) is 6.15. The van der Waals surface area contributed by atoms with Crippen molar-refractivity contribution in [2.45, 2.75) is 66.5 Å². The van der Waals surface area contributed by atoms with Gasteiger partial charge in [-0.2, -0.15) is 0 Å². The van der Waals surface area contributed by atoms with E-state index in [9.17, 15) is 9.00 Å². The first-order valence-corrected chi connectivity index (χ1v) is 13.4. The van der Waals surface area contributed by atoms with Gasteiger partial charge in [0.1, 0.15) is 5.03 Å². The molecule has 1 rings (SSSR count). The highest BCUT2D eigenvalue weighted by Crippen LogP contribution is 2.18. The van der Waals surface area contributed by atoms with Crippen molar-refractivity contribution in [1.29, 1.82) is 0 Å². The molecule has 7 heteroatoms. The molecule has 0 fully saturated rings. The number of carbonyl (C=O) groups excluding carboxylic acids is 1. The monoisotopic (exact) mass is 493 g/mol. The van der Waals surface area contributed by atoms with Gasteiger partial charge in [-0.05, 0) is 56.7 Å². The number of halogens is 1. The summed E-state index contributed by atoms with van der Waals surface area (Å²) in [5.41, 5.74) is 3.54. The highest BCUT2D eigenvalue weighted by molar-refractivity contribution is 7.99. The van der Waals surface area contributed by atoms with Gasteiger partial charge in [-0.15, -0.1) is 0 Å². The van der Waals surface area contributed by atoms with Crippen LogP contribution in [-0.2, 0) is 20.9 Å². The summed E-state index contributed by atoms with van der Waals surface area (Å²) in [5.74, 6) is 4.07. The Bertz CT molecular complexity index is 998. The molecule has 0 amide bonds. The van der Waals surface area contributed by atoms with Crippen molar-refractivity contribution in [3.63, 3.8) is 0 Å². The van der Waals surface area contributed by atoms with E-state index in [1.807, 2.05) is 33.8 Å². The Morgan fingerprint density at radius 2 is 1.76 bits per heavy atom. The minimum atomic E-state index is -2.35. The molecule has 0 aliphatic carbocycles. The number of hydrogen-bond donors (Lipinski definition) is 1. The van der Waals surface area contributed by atoms with E-state index < -0.39 is 9.52 Å². The summed E-state index contributed by atoms with van der Waals surface area (Å²) in [4.78, 5) is 21.9. The molecule has 0 aliphatic rings. The molecule has 0 aromatic carbocycles. The van der Waals surface area contributed by atoms with Crippen LogP contribution in [0.3, 0.4) is 0 Å². The van der Waals surface area contributed by atoms with E-state index in [1.54, 1.807) is 25.4 Å². The third-order valence-corrected chi connectivity index (χ3v) is 6.10. The van der Waals surface area contributed by atoms with Gasteiger partial charge in [0.25, 0.3) is 0 Å². The Morgan fingerprint density at radius 3 is 2.12 bits per heavy atom. The molecule has 5 nitrogen and oxygen atoms in total. The molecule has 0 saturated carbocycles. The second kappa shape index (κ2) is 14.2. The molecule has 1 aromatic rings. The maximum absolute atomic E-state index is 13.1. The molecule has 0 saturated heterocycles. The molecular weight excluding hydrogens is 454 g/mol. The van der Waals surface area contributed by atoms with Crippen molar-refractivity contribution in [1.82, 2.24) is 10.3 Å². The summed E-state index contributed by atoms with van der Waals surface area (Å²) in [6.07, 6.45) is 4.11. The number of pyridine rings is 1. The molecule has 0 radical (unpaired) electrons. The van der Waals surface area contributed by atoms with Crippen LogP contribution in [0.25, 0.3) is 0 Å². The van der Waals surface area contributed by atoms with E-state index in [0.29, 0.717) is 22.4 Å². The largest absolute Gasteiger partial charge is 0.337 e. The number of rotatable bonds is 9. The minimum Gasteiger partial charge on any atom is -0.337 e. The highest BCUT2D eigenvalue weighted by atomic mass is 35.5. The molecule has 0 bridgehead atoms. The number of nitrogens with zero attached hydrogens (tertiary/aromatic N) is 2. The van der Waals surface area contributed by atoms with Crippen molar-refractivity contribution in [2.24, 2.45) is 16.8 Å². The normalized spacial score (nSPS) is 14.6. The van der Waals surface area contributed by atoms with Gasteiger partial charge in [0.15, 0.2) is 5.84 Å². The molecule has 1 aromatic heterocycles. The van der Waals surface area contributed by atoms with Gasteiger partial charge in [-0.3, -0.25) is 14.0 Å². The van der Waals surface area contributed by atoms with E-state index in [1.165, 1.54) is 0 Å². The molecule has 184 valence electrons. The SMILES string of the molecule is C=C(C)C(NC(=NCc1ccc(S(=C)(C)=O)nc1)C(=O)C(C)C(C)CC)=C(C)C.C=C(C)Cl. The standard InChI is InChI=1S/C23H35N3O2S.C3H5Cl/c1-10-17(6)18(7)22(27)23(26-21(15(2)3)16(4)5)25-14-19-11-12-20(24-13-19)29(8,9)28;1-3(2)4/h11-13,17-18H,2,8,10,14H2,1,3-7,9H3,(H,25,26);1H2,2H3. The van der Waals surface area contributed by atoms with Gasteiger partial charge >= 0.3 is 0 Å². The second-order valence-electron chi connectivity index (χ2n) is 8.67. The lowest BCUT2D eigenvalue weighted by Crippen LogP contribution is -2.37. The molecule has 1 heterocycles. The van der Waals surface area contributed by atoms with Crippen LogP contribution in [0.2, 0.25) is 0 Å². The van der Waals surface area contributed by atoms with E-state index in [-0.39, 0.29) is 17.6 Å². The van der Waals surface area contributed by atoms with Crippen LogP contribution in [0.5, 0.6) is 0 Å². The lowest BCUT2D eigenvalue weighted by atomic mass is 9.89. The van der Waals surface area contributed by atoms with Crippen LogP contribution in [-0.4, -0.2) is 32.9 Å². The molecule has 0 spiro atoms. The third kappa shape index (κ3) is 11.5. The first-order valence-electron chi connectivity index (χ1n) is 10.9. The maximum atomic E-state index is 13.1. The van der Waals surface area contributed by atoms with Gasteiger partial charge in [0.2, 0.25) is 5.78 Å². The fourth-order valence-corrected chi connectivity index (χ4v) is 3.35. The molecule has 33 heavy (non-hydrogen) atoms. The van der Waals surface area contributed by atoms with Crippen LogP contribution in [0.15, 0.2) is 63.4 Å². The molecular formula is C26H40ClN3O2S. The number of carbonyl (C=O) groups is 1. The average Bonchev–Trinajstić information content (AvgIpc) is 2.70. The Morgan fingerprint density at radius 1 is 1.21 bits per heavy atom. The van der Waals surface area contributed by atoms with Crippen LogP contribution in [0.4, 0.5) is 0 Å². The number of nitrogens with one attached hydrogen (secondary N) is 1. The Kier molecular flexibility index (Phi) is 13.2. The summed E-state index contributed by atoms with van der Waals surface area (Å²) in [7, 11) is -2.35. The van der Waals surface area contributed by atoms with Crippen LogP contribution >= 0.6 is 11.6 Å². The van der Waals surface area contributed by atoms with Gasteiger partial charge in [-0.25, -0.2) is 4.98 Å². The number of Topliss-reactive ketones (excluding diaryl/α,β-unsaturated/α-hetero) is 1. The number of ketones is 1. The second-order valence-corrected chi connectivity index (χ2v) is 11.7. The number of amidine groups is 1. The van der Waals surface area contributed by atoms with Gasteiger partial charge < -0.3 is 5.32 Å². The molecule has 0 aliphatic heterocycles. The van der Waals surface area contributed by atoms with Gasteiger partial charge in [0.05, 0.1) is 6.54 Å². The Balaban J connectivity index is 0.00000235. The van der Waals surface area contributed by atoms with Crippen molar-refractivity contribution < 1.29 is 9.00 Å². The fourth-order valence-electron chi connectivity index (χ4n) is 2.71. The average molecular weight is 494 g/mol. The third-order valence-electron chi connectivity index (χ3n) is 4.97. The first-order chi connectivity index (χ1) is 15.1.